The SMILES string of the molecule is CC(C)(C)Oc1ccc(C(C)(C)c2ccc(Oc3cccc(C(C)(C)C)c3C#N)c(N)c2)cc1N. The summed E-state index contributed by atoms with van der Waals surface area (Å²) >= 11 is 0. The van der Waals surface area contributed by atoms with Crippen LogP contribution in [0.25, 0.3) is 0 Å². The molecule has 35 heavy (non-hydrogen) atoms. The predicted molar refractivity (Wildman–Crippen MR) is 144 cm³/mol. The highest BCUT2D eigenvalue weighted by molar-refractivity contribution is 5.62. The van der Waals surface area contributed by atoms with E-state index in [1.807, 2.05) is 69.3 Å². The maximum atomic E-state index is 9.81. The fourth-order valence-electron chi connectivity index (χ4n) is 4.03. The third kappa shape index (κ3) is 5.71. The average Bonchev–Trinajstić information content (AvgIpc) is 2.74. The zero-order chi connectivity index (χ0) is 26.2. The van der Waals surface area contributed by atoms with E-state index in [9.17, 15) is 5.26 Å². The first kappa shape index (κ1) is 26.0. The number of anilines is 2. The maximum absolute atomic E-state index is 9.81. The zero-order valence-electron chi connectivity index (χ0n) is 22.1. The van der Waals surface area contributed by atoms with E-state index in [1.54, 1.807) is 6.07 Å². The number of benzene rings is 3. The van der Waals surface area contributed by atoms with Crippen LogP contribution in [0.5, 0.6) is 17.2 Å². The number of hydrogen-bond acceptors (Lipinski definition) is 5. The second kappa shape index (κ2) is 9.19. The Hall–Kier alpha value is -3.65. The first-order valence-corrected chi connectivity index (χ1v) is 11.8. The molecule has 3 aromatic rings. The minimum absolute atomic E-state index is 0.181. The maximum Gasteiger partial charge on any atom is 0.150 e. The number of nitrogen functional groups attached to an aromatic ring is 2. The van der Waals surface area contributed by atoms with Crippen LogP contribution in [0, 0.1) is 11.3 Å². The monoisotopic (exact) mass is 471 g/mol. The van der Waals surface area contributed by atoms with Crippen molar-refractivity contribution in [2.45, 2.75) is 71.8 Å². The third-order valence-corrected chi connectivity index (χ3v) is 6.05. The molecule has 184 valence electrons. The summed E-state index contributed by atoms with van der Waals surface area (Å²) in [7, 11) is 0. The van der Waals surface area contributed by atoms with Crippen LogP contribution >= 0.6 is 0 Å². The molecule has 0 aliphatic heterocycles. The topological polar surface area (TPSA) is 94.3 Å². The lowest BCUT2D eigenvalue weighted by Crippen LogP contribution is -2.24. The number of nitrogens with zero attached hydrogens (tertiary/aromatic N) is 1. The van der Waals surface area contributed by atoms with Gasteiger partial charge in [-0.15, -0.1) is 0 Å². The molecule has 3 rings (SSSR count). The predicted octanol–water partition coefficient (Wildman–Crippen LogP) is 7.32. The van der Waals surface area contributed by atoms with Gasteiger partial charge in [-0.25, -0.2) is 0 Å². The molecule has 0 saturated heterocycles. The smallest absolute Gasteiger partial charge is 0.150 e. The Morgan fingerprint density at radius 2 is 1.26 bits per heavy atom. The van der Waals surface area contributed by atoms with Crippen LogP contribution in [0.4, 0.5) is 11.4 Å². The van der Waals surface area contributed by atoms with Crippen LogP contribution in [-0.4, -0.2) is 5.60 Å². The molecular weight excluding hydrogens is 434 g/mol. The van der Waals surface area contributed by atoms with E-state index >= 15 is 0 Å². The van der Waals surface area contributed by atoms with E-state index in [0.717, 1.165) is 16.7 Å². The molecule has 0 atom stereocenters. The van der Waals surface area contributed by atoms with Crippen molar-refractivity contribution < 1.29 is 9.47 Å². The number of rotatable bonds is 5. The zero-order valence-corrected chi connectivity index (χ0v) is 22.1. The van der Waals surface area contributed by atoms with Crippen LogP contribution in [0.2, 0.25) is 0 Å². The molecule has 0 aliphatic rings. The van der Waals surface area contributed by atoms with Gasteiger partial charge < -0.3 is 20.9 Å². The summed E-state index contributed by atoms with van der Waals surface area (Å²) in [6.07, 6.45) is 0. The molecule has 0 radical (unpaired) electrons. The molecule has 0 saturated carbocycles. The lowest BCUT2D eigenvalue weighted by atomic mass is 9.78. The van der Waals surface area contributed by atoms with Gasteiger partial charge in [-0.1, -0.05) is 58.9 Å². The molecule has 5 nitrogen and oxygen atoms in total. The Morgan fingerprint density at radius 3 is 1.71 bits per heavy atom. The molecule has 0 aromatic heterocycles. The Balaban J connectivity index is 1.93. The van der Waals surface area contributed by atoms with Crippen LogP contribution in [0.3, 0.4) is 0 Å². The quantitative estimate of drug-likeness (QED) is 0.380. The van der Waals surface area contributed by atoms with E-state index in [4.69, 9.17) is 20.9 Å². The molecule has 5 heteroatoms. The van der Waals surface area contributed by atoms with Gasteiger partial charge in [0.25, 0.3) is 0 Å². The number of nitrogens with two attached hydrogens (primary N) is 2. The lowest BCUT2D eigenvalue weighted by Gasteiger charge is -2.28. The molecular formula is C30H37N3O2. The highest BCUT2D eigenvalue weighted by Gasteiger charge is 2.26. The van der Waals surface area contributed by atoms with E-state index in [2.05, 4.69) is 40.7 Å². The van der Waals surface area contributed by atoms with Gasteiger partial charge >= 0.3 is 0 Å². The van der Waals surface area contributed by atoms with Gasteiger partial charge in [0.1, 0.15) is 28.9 Å². The summed E-state index contributed by atoms with van der Waals surface area (Å²) in [5, 5.41) is 9.81. The van der Waals surface area contributed by atoms with Crippen molar-refractivity contribution in [2.24, 2.45) is 0 Å². The molecule has 0 spiro atoms. The van der Waals surface area contributed by atoms with Crippen molar-refractivity contribution >= 4 is 11.4 Å². The minimum atomic E-state index is -0.356. The highest BCUT2D eigenvalue weighted by Crippen LogP contribution is 2.40. The molecule has 0 fully saturated rings. The van der Waals surface area contributed by atoms with Crippen LogP contribution in [0.15, 0.2) is 54.6 Å². The Labute approximate surface area is 209 Å². The van der Waals surface area contributed by atoms with Gasteiger partial charge in [0.2, 0.25) is 0 Å². The fourth-order valence-corrected chi connectivity index (χ4v) is 4.03. The van der Waals surface area contributed by atoms with Crippen LogP contribution in [0.1, 0.15) is 77.6 Å². The van der Waals surface area contributed by atoms with Gasteiger partial charge in [-0.2, -0.15) is 5.26 Å². The molecule has 4 N–H and O–H groups in total. The molecule has 0 amide bonds. The Morgan fingerprint density at radius 1 is 0.714 bits per heavy atom. The molecule has 3 aromatic carbocycles. The van der Waals surface area contributed by atoms with Crippen molar-refractivity contribution in [3.05, 3.63) is 76.9 Å². The summed E-state index contributed by atoms with van der Waals surface area (Å²) in [6, 6.07) is 19.7. The van der Waals surface area contributed by atoms with E-state index in [1.165, 1.54) is 0 Å². The normalized spacial score (nSPS) is 12.2. The molecule has 0 unspecified atom stereocenters. The summed E-state index contributed by atoms with van der Waals surface area (Å²) in [5.74, 6) is 1.69. The largest absolute Gasteiger partial charge is 0.486 e. The van der Waals surface area contributed by atoms with Crippen molar-refractivity contribution in [1.82, 2.24) is 0 Å². The fraction of sp³-hybridized carbons (Fsp3) is 0.367. The van der Waals surface area contributed by atoms with Gasteiger partial charge in [-0.3, -0.25) is 0 Å². The van der Waals surface area contributed by atoms with Crippen molar-refractivity contribution in [2.75, 3.05) is 11.5 Å². The first-order chi connectivity index (χ1) is 16.1. The number of ether oxygens (including phenoxy) is 2. The minimum Gasteiger partial charge on any atom is -0.486 e. The standard InChI is InChI=1S/C30H37N3O2/c1-28(2,3)22-10-9-11-25(21(22)18-31)34-26-14-12-19(16-23(26)32)30(7,8)20-13-15-27(24(33)17-20)35-29(4,5)6/h9-17H,32-33H2,1-8H3. The summed E-state index contributed by atoms with van der Waals surface area (Å²) in [6.45, 7) is 16.5. The Kier molecular flexibility index (Phi) is 6.81. The van der Waals surface area contributed by atoms with Crippen molar-refractivity contribution in [3.8, 4) is 23.3 Å². The van der Waals surface area contributed by atoms with Crippen LogP contribution in [-0.2, 0) is 10.8 Å². The van der Waals surface area contributed by atoms with E-state index in [-0.39, 0.29) is 16.4 Å². The van der Waals surface area contributed by atoms with Gasteiger partial charge in [-0.05, 0) is 73.2 Å². The van der Waals surface area contributed by atoms with Crippen molar-refractivity contribution in [3.63, 3.8) is 0 Å². The van der Waals surface area contributed by atoms with Crippen molar-refractivity contribution in [1.29, 1.82) is 5.26 Å². The lowest BCUT2D eigenvalue weighted by molar-refractivity contribution is 0.132. The van der Waals surface area contributed by atoms with E-state index in [0.29, 0.717) is 34.2 Å². The van der Waals surface area contributed by atoms with E-state index < -0.39 is 0 Å². The Bertz CT molecular complexity index is 1270. The first-order valence-electron chi connectivity index (χ1n) is 11.8. The second-order valence-electron chi connectivity index (χ2n) is 11.5. The highest BCUT2D eigenvalue weighted by atomic mass is 16.5. The summed E-state index contributed by atoms with van der Waals surface area (Å²) < 4.78 is 12.1. The van der Waals surface area contributed by atoms with Gasteiger partial charge in [0.15, 0.2) is 0 Å². The molecule has 0 heterocycles. The number of nitriles is 1. The third-order valence-electron chi connectivity index (χ3n) is 6.05. The van der Waals surface area contributed by atoms with Gasteiger partial charge in [0.05, 0.1) is 16.9 Å². The van der Waals surface area contributed by atoms with Crippen LogP contribution < -0.4 is 20.9 Å². The molecule has 0 aliphatic carbocycles. The summed E-state index contributed by atoms with van der Waals surface area (Å²) in [4.78, 5) is 0. The van der Waals surface area contributed by atoms with Gasteiger partial charge in [0, 0.05) is 5.41 Å². The average molecular weight is 472 g/mol. The molecule has 0 bridgehead atoms. The second-order valence-corrected chi connectivity index (χ2v) is 11.5. The number of hydrogen-bond donors (Lipinski definition) is 2. The summed E-state index contributed by atoms with van der Waals surface area (Å²) in [5.41, 5.74) is 16.5.